The second-order valence-corrected chi connectivity index (χ2v) is 7.30. The van der Waals surface area contributed by atoms with Crippen LogP contribution in [0.1, 0.15) is 17.5 Å². The molecule has 4 nitrogen and oxygen atoms in total. The normalized spacial score (nSPS) is 15.0. The molecule has 1 aromatic carbocycles. The number of piperazine rings is 1. The van der Waals surface area contributed by atoms with Crippen molar-refractivity contribution in [3.63, 3.8) is 0 Å². The Morgan fingerprint density at radius 1 is 1.07 bits per heavy atom. The Hall–Kier alpha value is -1.99. The van der Waals surface area contributed by atoms with Crippen LogP contribution in [0, 0.1) is 0 Å². The van der Waals surface area contributed by atoms with Crippen LogP contribution in [0.25, 0.3) is 0 Å². The molecule has 0 unspecified atom stereocenters. The lowest BCUT2D eigenvalue weighted by Gasteiger charge is -2.36. The number of nitrogens with zero attached hydrogens (tertiary/aromatic N) is 3. The van der Waals surface area contributed by atoms with Crippen LogP contribution in [0.5, 0.6) is 0 Å². The quantitative estimate of drug-likeness (QED) is 0.704. The van der Waals surface area contributed by atoms with Gasteiger partial charge in [-0.15, -0.1) is 0 Å². The number of aryl methyl sites for hydroxylation is 1. The van der Waals surface area contributed by atoms with E-state index in [1.807, 2.05) is 18.2 Å². The van der Waals surface area contributed by atoms with Crippen LogP contribution in [0.4, 0.5) is 19.0 Å². The Kier molecular flexibility index (Phi) is 6.35. The van der Waals surface area contributed by atoms with E-state index in [4.69, 9.17) is 23.2 Å². The third-order valence-electron chi connectivity index (χ3n) is 4.65. The molecule has 9 heteroatoms. The molecule has 1 aliphatic heterocycles. The molecule has 0 radical (unpaired) electrons. The number of amides is 1. The Balaban J connectivity index is 1.55. The molecule has 0 aliphatic carbocycles. The Morgan fingerprint density at radius 3 is 2.36 bits per heavy atom. The number of alkyl halides is 3. The first-order valence-corrected chi connectivity index (χ1v) is 9.50. The molecule has 3 rings (SSSR count). The Bertz CT molecular complexity index is 853. The van der Waals surface area contributed by atoms with Gasteiger partial charge in [0.1, 0.15) is 5.82 Å². The monoisotopic (exact) mass is 431 g/mol. The van der Waals surface area contributed by atoms with Crippen molar-refractivity contribution in [2.75, 3.05) is 31.1 Å². The van der Waals surface area contributed by atoms with Crippen LogP contribution < -0.4 is 4.90 Å². The minimum atomic E-state index is -4.48. The Morgan fingerprint density at radius 2 is 1.75 bits per heavy atom. The van der Waals surface area contributed by atoms with Gasteiger partial charge in [-0.3, -0.25) is 4.79 Å². The van der Waals surface area contributed by atoms with Gasteiger partial charge in [0, 0.05) is 43.8 Å². The fourth-order valence-electron chi connectivity index (χ4n) is 3.09. The summed E-state index contributed by atoms with van der Waals surface area (Å²) in [7, 11) is 0. The summed E-state index contributed by atoms with van der Waals surface area (Å²) in [5.74, 6) is 0.323. The van der Waals surface area contributed by atoms with Crippen molar-refractivity contribution < 1.29 is 18.0 Å². The molecule has 1 fully saturated rings. The summed E-state index contributed by atoms with van der Waals surface area (Å²) in [6.45, 7) is 1.83. The van der Waals surface area contributed by atoms with Crippen molar-refractivity contribution in [1.29, 1.82) is 0 Å². The van der Waals surface area contributed by atoms with Gasteiger partial charge in [-0.2, -0.15) is 13.2 Å². The smallest absolute Gasteiger partial charge is 0.352 e. The first-order valence-electron chi connectivity index (χ1n) is 8.74. The second-order valence-electron chi connectivity index (χ2n) is 6.49. The zero-order valence-corrected chi connectivity index (χ0v) is 16.4. The highest BCUT2D eigenvalue weighted by atomic mass is 35.5. The standard InChI is InChI=1S/C19H18Cl2F3N3O/c20-15-4-2-1-3-13(15)5-6-17(28)26-7-9-27(10-8-26)18-16(21)11-14(12-25-18)19(22,23)24/h1-4,11-12H,5-10H2. The lowest BCUT2D eigenvalue weighted by atomic mass is 10.1. The third kappa shape index (κ3) is 4.89. The van der Waals surface area contributed by atoms with E-state index >= 15 is 0 Å². The largest absolute Gasteiger partial charge is 0.417 e. The van der Waals surface area contributed by atoms with Gasteiger partial charge in [0.15, 0.2) is 0 Å². The lowest BCUT2D eigenvalue weighted by Crippen LogP contribution is -2.49. The molecule has 0 spiro atoms. The van der Waals surface area contributed by atoms with Gasteiger partial charge >= 0.3 is 6.18 Å². The third-order valence-corrected chi connectivity index (χ3v) is 5.29. The fourth-order valence-corrected chi connectivity index (χ4v) is 3.60. The number of benzene rings is 1. The molecule has 2 aromatic rings. The van der Waals surface area contributed by atoms with Crippen molar-refractivity contribution in [3.05, 3.63) is 57.7 Å². The van der Waals surface area contributed by atoms with E-state index in [0.717, 1.165) is 17.8 Å². The lowest BCUT2D eigenvalue weighted by molar-refractivity contribution is -0.137. The van der Waals surface area contributed by atoms with Gasteiger partial charge in [-0.25, -0.2) is 4.98 Å². The maximum absolute atomic E-state index is 12.7. The van der Waals surface area contributed by atoms with Crippen LogP contribution in [0.2, 0.25) is 10.0 Å². The molecule has 1 aromatic heterocycles. The maximum Gasteiger partial charge on any atom is 0.417 e. The van der Waals surface area contributed by atoms with Crippen LogP contribution in [0.15, 0.2) is 36.5 Å². The van der Waals surface area contributed by atoms with E-state index in [2.05, 4.69) is 4.98 Å². The summed E-state index contributed by atoms with van der Waals surface area (Å²) >= 11 is 12.1. The first kappa shape index (κ1) is 20.7. The van der Waals surface area contributed by atoms with E-state index < -0.39 is 11.7 Å². The molecular weight excluding hydrogens is 414 g/mol. The topological polar surface area (TPSA) is 36.4 Å². The molecule has 2 heterocycles. The summed E-state index contributed by atoms with van der Waals surface area (Å²) < 4.78 is 38.2. The number of halogens is 5. The van der Waals surface area contributed by atoms with Crippen LogP contribution in [-0.4, -0.2) is 42.0 Å². The summed E-state index contributed by atoms with van der Waals surface area (Å²) in [6, 6.07) is 8.29. The predicted molar refractivity (Wildman–Crippen MR) is 103 cm³/mol. The minimum absolute atomic E-state index is 0.0195. The first-order chi connectivity index (χ1) is 13.3. The highest BCUT2D eigenvalue weighted by molar-refractivity contribution is 6.33. The van der Waals surface area contributed by atoms with Crippen LogP contribution in [0.3, 0.4) is 0 Å². The predicted octanol–water partition coefficient (Wildman–Crippen LogP) is 4.69. The molecule has 1 aliphatic rings. The van der Waals surface area contributed by atoms with E-state index in [1.54, 1.807) is 15.9 Å². The van der Waals surface area contributed by atoms with Crippen LogP contribution in [-0.2, 0) is 17.4 Å². The zero-order valence-electron chi connectivity index (χ0n) is 14.8. The molecule has 0 N–H and O–H groups in total. The highest BCUT2D eigenvalue weighted by Crippen LogP contribution is 2.33. The van der Waals surface area contributed by atoms with E-state index in [1.165, 1.54) is 0 Å². The number of carbonyl (C=O) groups is 1. The molecular formula is C19H18Cl2F3N3O. The summed E-state index contributed by atoms with van der Waals surface area (Å²) in [5.41, 5.74) is 0.0477. The van der Waals surface area contributed by atoms with Gasteiger partial charge in [0.25, 0.3) is 0 Å². The summed E-state index contributed by atoms with van der Waals surface area (Å²) in [4.78, 5) is 19.9. The molecule has 0 atom stereocenters. The van der Waals surface area contributed by atoms with E-state index in [9.17, 15) is 18.0 Å². The average Bonchev–Trinajstić information content (AvgIpc) is 2.66. The SMILES string of the molecule is O=C(CCc1ccccc1Cl)N1CCN(c2ncc(C(F)(F)F)cc2Cl)CC1. The van der Waals surface area contributed by atoms with Gasteiger partial charge in [-0.1, -0.05) is 41.4 Å². The second kappa shape index (κ2) is 8.57. The zero-order chi connectivity index (χ0) is 20.3. The van der Waals surface area contributed by atoms with Crippen molar-refractivity contribution in [2.45, 2.75) is 19.0 Å². The molecule has 0 bridgehead atoms. The number of aromatic nitrogens is 1. The van der Waals surface area contributed by atoms with Gasteiger partial charge in [0.05, 0.1) is 10.6 Å². The summed E-state index contributed by atoms with van der Waals surface area (Å²) in [5, 5.41) is 0.594. The average molecular weight is 432 g/mol. The van der Waals surface area contributed by atoms with Crippen molar-refractivity contribution in [1.82, 2.24) is 9.88 Å². The fraction of sp³-hybridized carbons (Fsp3) is 0.368. The molecule has 1 amide bonds. The number of carbonyl (C=O) groups excluding carboxylic acids is 1. The number of pyridine rings is 1. The molecule has 0 saturated carbocycles. The van der Waals surface area contributed by atoms with Crippen molar-refractivity contribution in [3.8, 4) is 0 Å². The Labute approximate surface area is 170 Å². The number of hydrogen-bond donors (Lipinski definition) is 0. The van der Waals surface area contributed by atoms with Gasteiger partial charge < -0.3 is 9.80 Å². The number of anilines is 1. The van der Waals surface area contributed by atoms with E-state index in [-0.39, 0.29) is 10.9 Å². The van der Waals surface area contributed by atoms with Crippen molar-refractivity contribution >= 4 is 34.9 Å². The van der Waals surface area contributed by atoms with Gasteiger partial charge in [-0.05, 0) is 24.1 Å². The number of rotatable bonds is 4. The maximum atomic E-state index is 12.7. The molecule has 1 saturated heterocycles. The van der Waals surface area contributed by atoms with Crippen LogP contribution >= 0.6 is 23.2 Å². The minimum Gasteiger partial charge on any atom is -0.352 e. The van der Waals surface area contributed by atoms with E-state index in [0.29, 0.717) is 49.9 Å². The van der Waals surface area contributed by atoms with Crippen molar-refractivity contribution in [2.24, 2.45) is 0 Å². The number of hydrogen-bond acceptors (Lipinski definition) is 3. The van der Waals surface area contributed by atoms with Gasteiger partial charge in [0.2, 0.25) is 5.91 Å². The highest BCUT2D eigenvalue weighted by Gasteiger charge is 2.32. The summed E-state index contributed by atoms with van der Waals surface area (Å²) in [6.07, 6.45) is -2.79. The molecule has 28 heavy (non-hydrogen) atoms. The molecule has 150 valence electrons.